The average Bonchev–Trinajstić information content (AvgIpc) is 2.38. The SMILES string of the molecule is CCCCc1c(O)c(O)c(I)c(I)c1CCCC. The molecule has 4 heteroatoms. The molecule has 102 valence electrons. The Bertz CT molecular complexity index is 378. The maximum absolute atomic E-state index is 10.2. The van der Waals surface area contributed by atoms with E-state index >= 15 is 0 Å². The molecule has 0 radical (unpaired) electrons. The summed E-state index contributed by atoms with van der Waals surface area (Å²) in [6, 6.07) is 0. The van der Waals surface area contributed by atoms with Gasteiger partial charge in [-0.25, -0.2) is 0 Å². The molecule has 0 aromatic heterocycles. The van der Waals surface area contributed by atoms with Crippen molar-refractivity contribution < 1.29 is 10.2 Å². The summed E-state index contributed by atoms with van der Waals surface area (Å²) >= 11 is 4.39. The zero-order valence-electron chi connectivity index (χ0n) is 10.9. The minimum absolute atomic E-state index is 0.0475. The molecule has 0 spiro atoms. The molecule has 0 aliphatic heterocycles. The van der Waals surface area contributed by atoms with Crippen molar-refractivity contribution in [2.75, 3.05) is 0 Å². The van der Waals surface area contributed by atoms with Gasteiger partial charge < -0.3 is 10.2 Å². The Morgan fingerprint density at radius 3 is 1.78 bits per heavy atom. The van der Waals surface area contributed by atoms with Crippen molar-refractivity contribution in [1.82, 2.24) is 0 Å². The highest BCUT2D eigenvalue weighted by atomic mass is 127. The normalized spacial score (nSPS) is 10.9. The minimum atomic E-state index is 0.0475. The van der Waals surface area contributed by atoms with Crippen LogP contribution in [0.15, 0.2) is 0 Å². The van der Waals surface area contributed by atoms with Crippen LogP contribution in [0.1, 0.15) is 50.7 Å². The zero-order valence-corrected chi connectivity index (χ0v) is 15.2. The monoisotopic (exact) mass is 474 g/mol. The van der Waals surface area contributed by atoms with Crippen molar-refractivity contribution in [3.63, 3.8) is 0 Å². The van der Waals surface area contributed by atoms with E-state index in [0.29, 0.717) is 0 Å². The van der Waals surface area contributed by atoms with Crippen molar-refractivity contribution in [1.29, 1.82) is 0 Å². The number of halogens is 2. The fourth-order valence-corrected chi connectivity index (χ4v) is 3.43. The van der Waals surface area contributed by atoms with E-state index in [-0.39, 0.29) is 11.5 Å². The van der Waals surface area contributed by atoms with Crippen molar-refractivity contribution >= 4 is 45.2 Å². The van der Waals surface area contributed by atoms with E-state index in [0.717, 1.165) is 51.2 Å². The van der Waals surface area contributed by atoms with Gasteiger partial charge in [0.05, 0.1) is 3.57 Å². The first-order valence-electron chi connectivity index (χ1n) is 6.45. The summed E-state index contributed by atoms with van der Waals surface area (Å²) in [5.74, 6) is 0.144. The van der Waals surface area contributed by atoms with E-state index in [1.807, 2.05) is 0 Å². The third-order valence-corrected chi connectivity index (χ3v) is 6.37. The quantitative estimate of drug-likeness (QED) is 0.451. The highest BCUT2D eigenvalue weighted by Gasteiger charge is 2.19. The summed E-state index contributed by atoms with van der Waals surface area (Å²) in [6.07, 6.45) is 6.23. The molecule has 0 heterocycles. The molecule has 0 amide bonds. The average molecular weight is 474 g/mol. The van der Waals surface area contributed by atoms with Crippen LogP contribution in [0.3, 0.4) is 0 Å². The first-order chi connectivity index (χ1) is 8.54. The fourth-order valence-electron chi connectivity index (χ4n) is 2.00. The highest BCUT2D eigenvalue weighted by Crippen LogP contribution is 2.41. The molecule has 0 unspecified atom stereocenters. The Labute approximate surface area is 136 Å². The molecule has 0 aliphatic carbocycles. The van der Waals surface area contributed by atoms with Gasteiger partial charge in [0.1, 0.15) is 0 Å². The maximum atomic E-state index is 10.2. The van der Waals surface area contributed by atoms with Gasteiger partial charge in [-0.3, -0.25) is 0 Å². The highest BCUT2D eigenvalue weighted by molar-refractivity contribution is 14.1. The van der Waals surface area contributed by atoms with Crippen molar-refractivity contribution in [2.24, 2.45) is 0 Å². The summed E-state index contributed by atoms with van der Waals surface area (Å²) in [5, 5.41) is 20.1. The van der Waals surface area contributed by atoms with Crippen molar-refractivity contribution in [3.8, 4) is 11.5 Å². The molecule has 0 aliphatic rings. The van der Waals surface area contributed by atoms with Crippen LogP contribution in [0.5, 0.6) is 11.5 Å². The van der Waals surface area contributed by atoms with Gasteiger partial charge in [-0.15, -0.1) is 0 Å². The van der Waals surface area contributed by atoms with E-state index in [2.05, 4.69) is 59.0 Å². The first kappa shape index (κ1) is 16.3. The van der Waals surface area contributed by atoms with Crippen LogP contribution in [0.2, 0.25) is 0 Å². The van der Waals surface area contributed by atoms with Crippen molar-refractivity contribution in [3.05, 3.63) is 18.3 Å². The molecule has 0 fully saturated rings. The first-order valence-corrected chi connectivity index (χ1v) is 8.60. The lowest BCUT2D eigenvalue weighted by Gasteiger charge is -2.16. The smallest absolute Gasteiger partial charge is 0.172 e. The van der Waals surface area contributed by atoms with E-state index in [4.69, 9.17) is 0 Å². The molecule has 1 aromatic carbocycles. The number of phenols is 2. The van der Waals surface area contributed by atoms with Crippen LogP contribution in [-0.4, -0.2) is 10.2 Å². The third-order valence-electron chi connectivity index (χ3n) is 3.10. The Morgan fingerprint density at radius 2 is 1.28 bits per heavy atom. The summed E-state index contributed by atoms with van der Waals surface area (Å²) in [4.78, 5) is 0. The molecule has 1 aromatic rings. The lowest BCUT2D eigenvalue weighted by molar-refractivity contribution is 0.394. The second-order valence-corrected chi connectivity index (χ2v) is 6.65. The van der Waals surface area contributed by atoms with Crippen LogP contribution >= 0.6 is 45.2 Å². The summed E-state index contributed by atoms with van der Waals surface area (Å²) in [5.41, 5.74) is 2.18. The second-order valence-electron chi connectivity index (χ2n) is 4.49. The van der Waals surface area contributed by atoms with Gasteiger partial charge in [0.15, 0.2) is 11.5 Å². The van der Waals surface area contributed by atoms with E-state index in [1.165, 1.54) is 5.56 Å². The summed E-state index contributed by atoms with van der Waals surface area (Å²) in [7, 11) is 0. The Morgan fingerprint density at radius 1 is 0.778 bits per heavy atom. The van der Waals surface area contributed by atoms with Gasteiger partial charge in [0.25, 0.3) is 0 Å². The molecule has 0 atom stereocenters. The predicted octanol–water partition coefficient (Wildman–Crippen LogP) is 4.99. The number of benzene rings is 1. The van der Waals surface area contributed by atoms with E-state index < -0.39 is 0 Å². The number of rotatable bonds is 6. The molecule has 2 nitrogen and oxygen atoms in total. The Hall–Kier alpha value is 0.280. The predicted molar refractivity (Wildman–Crippen MR) is 92.4 cm³/mol. The van der Waals surface area contributed by atoms with Gasteiger partial charge in [-0.1, -0.05) is 26.7 Å². The molecule has 1 rings (SSSR count). The van der Waals surface area contributed by atoms with Gasteiger partial charge in [-0.2, -0.15) is 0 Å². The van der Waals surface area contributed by atoms with Crippen LogP contribution < -0.4 is 0 Å². The number of hydrogen-bond donors (Lipinski definition) is 2. The lowest BCUT2D eigenvalue weighted by Crippen LogP contribution is -2.02. The van der Waals surface area contributed by atoms with Crippen LogP contribution in [-0.2, 0) is 12.8 Å². The van der Waals surface area contributed by atoms with E-state index in [9.17, 15) is 10.2 Å². The fraction of sp³-hybridized carbons (Fsp3) is 0.571. The Kier molecular flexibility index (Phi) is 7.05. The summed E-state index contributed by atoms with van der Waals surface area (Å²) < 4.78 is 1.88. The van der Waals surface area contributed by atoms with Crippen LogP contribution in [0, 0.1) is 7.14 Å². The summed E-state index contributed by atoms with van der Waals surface area (Å²) in [6.45, 7) is 4.31. The van der Waals surface area contributed by atoms with Gasteiger partial charge in [-0.05, 0) is 76.4 Å². The Balaban J connectivity index is 3.24. The molecule has 0 saturated carbocycles. The van der Waals surface area contributed by atoms with Crippen LogP contribution in [0.4, 0.5) is 0 Å². The molecule has 0 bridgehead atoms. The minimum Gasteiger partial charge on any atom is -0.504 e. The topological polar surface area (TPSA) is 40.5 Å². The lowest BCUT2D eigenvalue weighted by atomic mass is 9.96. The molecule has 18 heavy (non-hydrogen) atoms. The number of unbranched alkanes of at least 4 members (excludes halogenated alkanes) is 2. The van der Waals surface area contributed by atoms with Crippen LogP contribution in [0.25, 0.3) is 0 Å². The van der Waals surface area contributed by atoms with Crippen molar-refractivity contribution in [2.45, 2.75) is 52.4 Å². The standard InChI is InChI=1S/C14H20I2O2/c1-3-5-7-9-10(8-6-4-2)13(17)14(18)12(16)11(9)15/h17-18H,3-8H2,1-2H3. The molecule has 0 saturated heterocycles. The molecular formula is C14H20I2O2. The zero-order chi connectivity index (χ0) is 13.7. The molecule has 2 N–H and O–H groups in total. The second kappa shape index (κ2) is 7.77. The third kappa shape index (κ3) is 3.65. The maximum Gasteiger partial charge on any atom is 0.172 e. The van der Waals surface area contributed by atoms with Gasteiger partial charge in [0.2, 0.25) is 0 Å². The number of hydrogen-bond acceptors (Lipinski definition) is 2. The number of phenolic OH excluding ortho intramolecular Hbond substituents is 2. The van der Waals surface area contributed by atoms with Gasteiger partial charge >= 0.3 is 0 Å². The van der Waals surface area contributed by atoms with E-state index in [1.54, 1.807) is 0 Å². The number of aromatic hydroxyl groups is 2. The molecular weight excluding hydrogens is 454 g/mol. The largest absolute Gasteiger partial charge is 0.504 e. The van der Waals surface area contributed by atoms with Gasteiger partial charge in [0, 0.05) is 9.13 Å².